The topological polar surface area (TPSA) is 34.1 Å². The van der Waals surface area contributed by atoms with Crippen LogP contribution in [0.1, 0.15) is 0 Å². The molecule has 0 N–H and O–H groups in total. The lowest BCUT2D eigenvalue weighted by atomic mass is 10.3. The minimum absolute atomic E-state index is 0.729. The van der Waals surface area contributed by atoms with E-state index in [4.69, 9.17) is 0 Å². The van der Waals surface area contributed by atoms with E-state index in [0.717, 1.165) is 6.08 Å². The Kier molecular flexibility index (Phi) is 2.29. The third kappa shape index (κ3) is 1.39. The summed E-state index contributed by atoms with van der Waals surface area (Å²) in [5.41, 5.74) is 0. The van der Waals surface area contributed by atoms with Crippen LogP contribution in [-0.4, -0.2) is 11.6 Å². The van der Waals surface area contributed by atoms with Gasteiger partial charge in [0.1, 0.15) is 0 Å². The molecule has 0 aliphatic heterocycles. The van der Waals surface area contributed by atoms with Crippen molar-refractivity contribution < 1.29 is 9.59 Å². The predicted molar refractivity (Wildman–Crippen MR) is 29.0 cm³/mol. The molecule has 0 aromatic carbocycles. The lowest BCUT2D eigenvalue weighted by Crippen LogP contribution is -2.06. The monoisotopic (exact) mass is 108 g/mol. The molecule has 0 heterocycles. The Morgan fingerprint density at radius 1 is 1.62 bits per heavy atom. The first-order valence-corrected chi connectivity index (χ1v) is 1.89. The Labute approximate surface area is 47.2 Å². The molecule has 0 bridgehead atoms. The number of rotatable bonds is 2. The molecule has 2 heteroatoms. The highest BCUT2D eigenvalue weighted by atomic mass is 16.2. The van der Waals surface area contributed by atoms with Crippen molar-refractivity contribution in [1.82, 2.24) is 0 Å². The molecule has 0 aliphatic carbocycles. The quantitative estimate of drug-likeness (QED) is 0.215. The maximum atomic E-state index is 10.1. The molecule has 0 atom stereocenters. The second-order valence-corrected chi connectivity index (χ2v) is 1.04. The molecular formula is C6H4O2. The van der Waals surface area contributed by atoms with Crippen molar-refractivity contribution in [3.8, 4) is 12.3 Å². The van der Waals surface area contributed by atoms with E-state index in [-0.39, 0.29) is 0 Å². The number of ketones is 2. The van der Waals surface area contributed by atoms with Crippen LogP contribution in [0.5, 0.6) is 0 Å². The van der Waals surface area contributed by atoms with E-state index in [9.17, 15) is 9.59 Å². The van der Waals surface area contributed by atoms with Crippen LogP contribution in [0.25, 0.3) is 0 Å². The molecule has 0 amide bonds. The summed E-state index contributed by atoms with van der Waals surface area (Å²) < 4.78 is 0. The van der Waals surface area contributed by atoms with E-state index in [2.05, 4.69) is 13.0 Å². The van der Waals surface area contributed by atoms with Gasteiger partial charge in [-0.15, -0.1) is 6.42 Å². The normalized spacial score (nSPS) is 6.88. The highest BCUT2D eigenvalue weighted by Crippen LogP contribution is 1.72. The zero-order chi connectivity index (χ0) is 6.57. The van der Waals surface area contributed by atoms with Gasteiger partial charge in [0, 0.05) is 0 Å². The molecule has 0 aliphatic rings. The highest BCUT2D eigenvalue weighted by Gasteiger charge is 2.02. The van der Waals surface area contributed by atoms with E-state index < -0.39 is 11.6 Å². The molecule has 40 valence electrons. The van der Waals surface area contributed by atoms with Crippen LogP contribution in [0.15, 0.2) is 12.7 Å². The number of carbonyl (C=O) groups excluding carboxylic acids is 2. The van der Waals surface area contributed by atoms with Crippen molar-refractivity contribution >= 4 is 11.6 Å². The van der Waals surface area contributed by atoms with Crippen LogP contribution in [0.2, 0.25) is 0 Å². The van der Waals surface area contributed by atoms with E-state index in [0.29, 0.717) is 0 Å². The van der Waals surface area contributed by atoms with Crippen LogP contribution in [0.3, 0.4) is 0 Å². The molecule has 0 saturated heterocycles. The fourth-order valence-corrected chi connectivity index (χ4v) is 0.164. The van der Waals surface area contributed by atoms with E-state index >= 15 is 0 Å². The standard InChI is InChI=1S/C6H4O2/c1-3-5(7)6(8)4-2/h1,4H,2H2. The maximum absolute atomic E-state index is 10.1. The van der Waals surface area contributed by atoms with Crippen LogP contribution >= 0.6 is 0 Å². The first kappa shape index (κ1) is 6.64. The number of carbonyl (C=O) groups is 2. The van der Waals surface area contributed by atoms with Gasteiger partial charge < -0.3 is 0 Å². The number of allylic oxidation sites excluding steroid dienone is 1. The Morgan fingerprint density at radius 3 is 2.25 bits per heavy atom. The Bertz CT molecular complexity index is 171. The van der Waals surface area contributed by atoms with Gasteiger partial charge in [0.2, 0.25) is 5.78 Å². The zero-order valence-electron chi connectivity index (χ0n) is 4.18. The van der Waals surface area contributed by atoms with Crippen molar-refractivity contribution in [3.05, 3.63) is 12.7 Å². The van der Waals surface area contributed by atoms with Crippen molar-refractivity contribution in [2.75, 3.05) is 0 Å². The van der Waals surface area contributed by atoms with Gasteiger partial charge in [-0.3, -0.25) is 9.59 Å². The third-order valence-corrected chi connectivity index (χ3v) is 0.540. The molecule has 0 aromatic heterocycles. The lowest BCUT2D eigenvalue weighted by molar-refractivity contribution is -0.130. The summed E-state index contributed by atoms with van der Waals surface area (Å²) in [6.07, 6.45) is 5.47. The van der Waals surface area contributed by atoms with Crippen molar-refractivity contribution in [3.63, 3.8) is 0 Å². The molecule has 0 spiro atoms. The van der Waals surface area contributed by atoms with E-state index in [1.165, 1.54) is 0 Å². The molecule has 0 fully saturated rings. The zero-order valence-corrected chi connectivity index (χ0v) is 4.18. The average Bonchev–Trinajstić information content (AvgIpc) is 1.84. The molecule has 0 unspecified atom stereocenters. The van der Waals surface area contributed by atoms with Crippen LogP contribution in [0, 0.1) is 12.3 Å². The SMILES string of the molecule is C#CC(=O)C(=O)C=C. The first-order chi connectivity index (χ1) is 3.72. The third-order valence-electron chi connectivity index (χ3n) is 0.540. The van der Waals surface area contributed by atoms with E-state index in [1.807, 2.05) is 0 Å². The molecule has 8 heavy (non-hydrogen) atoms. The van der Waals surface area contributed by atoms with Gasteiger partial charge in [0.25, 0.3) is 5.78 Å². The van der Waals surface area contributed by atoms with Gasteiger partial charge in [-0.25, -0.2) is 0 Å². The summed E-state index contributed by atoms with van der Waals surface area (Å²) in [4.78, 5) is 20.2. The largest absolute Gasteiger partial charge is 0.285 e. The summed E-state index contributed by atoms with van der Waals surface area (Å²) in [7, 11) is 0. The molecule has 0 saturated carbocycles. The molecular weight excluding hydrogens is 104 g/mol. The summed E-state index contributed by atoms with van der Waals surface area (Å²) >= 11 is 0. The van der Waals surface area contributed by atoms with Gasteiger partial charge in [-0.1, -0.05) is 6.58 Å². The van der Waals surface area contributed by atoms with Gasteiger partial charge >= 0.3 is 0 Å². The first-order valence-electron chi connectivity index (χ1n) is 1.89. The average molecular weight is 108 g/mol. The van der Waals surface area contributed by atoms with Gasteiger partial charge in [-0.05, 0) is 12.0 Å². The van der Waals surface area contributed by atoms with Crippen molar-refractivity contribution in [2.45, 2.75) is 0 Å². The lowest BCUT2D eigenvalue weighted by Gasteiger charge is -1.76. The number of Topliss-reactive ketones (excluding diaryl/α,β-unsaturated/α-hetero) is 1. The van der Waals surface area contributed by atoms with Crippen LogP contribution in [0.4, 0.5) is 0 Å². The van der Waals surface area contributed by atoms with Crippen molar-refractivity contribution in [2.24, 2.45) is 0 Å². The Balaban J connectivity index is 4.09. The van der Waals surface area contributed by atoms with Crippen molar-refractivity contribution in [1.29, 1.82) is 0 Å². The summed E-state index contributed by atoms with van der Waals surface area (Å²) in [6, 6.07) is 0. The summed E-state index contributed by atoms with van der Waals surface area (Å²) in [5, 5.41) is 0. The maximum Gasteiger partial charge on any atom is 0.275 e. The number of hydrogen-bond acceptors (Lipinski definition) is 2. The second-order valence-electron chi connectivity index (χ2n) is 1.04. The summed E-state index contributed by atoms with van der Waals surface area (Å²) in [6.45, 7) is 3.06. The number of terminal acetylenes is 1. The Hall–Kier alpha value is -1.36. The molecule has 0 rings (SSSR count). The summed E-state index contributed by atoms with van der Waals surface area (Å²) in [5.74, 6) is 0.0795. The second kappa shape index (κ2) is 2.75. The van der Waals surface area contributed by atoms with Crippen LogP contribution < -0.4 is 0 Å². The smallest absolute Gasteiger partial charge is 0.275 e. The molecule has 0 aromatic rings. The molecule has 2 nitrogen and oxygen atoms in total. The minimum atomic E-state index is -0.847. The predicted octanol–water partition coefficient (Wildman–Crippen LogP) is -0.0562. The van der Waals surface area contributed by atoms with Gasteiger partial charge in [-0.2, -0.15) is 0 Å². The van der Waals surface area contributed by atoms with Gasteiger partial charge in [0.15, 0.2) is 0 Å². The molecule has 0 radical (unpaired) electrons. The fraction of sp³-hybridized carbons (Fsp3) is 0. The Morgan fingerprint density at radius 2 is 2.12 bits per heavy atom. The van der Waals surface area contributed by atoms with Gasteiger partial charge in [0.05, 0.1) is 0 Å². The van der Waals surface area contributed by atoms with E-state index in [1.54, 1.807) is 5.92 Å². The fourth-order valence-electron chi connectivity index (χ4n) is 0.164. The number of hydrogen-bond donors (Lipinski definition) is 0. The highest BCUT2D eigenvalue weighted by molar-refractivity contribution is 6.47. The minimum Gasteiger partial charge on any atom is -0.285 e. The van der Waals surface area contributed by atoms with Crippen LogP contribution in [-0.2, 0) is 9.59 Å².